The first-order valence-electron chi connectivity index (χ1n) is 19.2. The molecular formula is C51H32N4O2. The Morgan fingerprint density at radius 3 is 1.93 bits per heavy atom. The molecule has 57 heavy (non-hydrogen) atoms. The fraction of sp³-hybridized carbons (Fsp3) is 0.0196. The van der Waals surface area contributed by atoms with Gasteiger partial charge in [0.25, 0.3) is 0 Å². The molecule has 1 unspecified atom stereocenters. The summed E-state index contributed by atoms with van der Waals surface area (Å²) in [5.41, 5.74) is 12.0. The van der Waals surface area contributed by atoms with Crippen LogP contribution >= 0.6 is 0 Å². The SMILES string of the molecule is c1ccc(C2=NC(c3ccc4c(c3)oc3ccc(-c5cccc6oc7cc(-n8c9ccccc9c9ccccc98)ccc7c56)cc34)NC(c3ccccc3)=N2)cc1. The van der Waals surface area contributed by atoms with E-state index in [1.807, 2.05) is 48.5 Å². The lowest BCUT2D eigenvalue weighted by Gasteiger charge is -2.23. The van der Waals surface area contributed by atoms with Crippen molar-refractivity contribution in [2.45, 2.75) is 6.17 Å². The number of benzene rings is 8. The molecule has 1 aliphatic rings. The maximum Gasteiger partial charge on any atom is 0.159 e. The lowest BCUT2D eigenvalue weighted by molar-refractivity contribution is 0.655. The molecule has 8 aromatic carbocycles. The second kappa shape index (κ2) is 12.4. The second-order valence-corrected chi connectivity index (χ2v) is 14.6. The van der Waals surface area contributed by atoms with Gasteiger partial charge in [0.15, 0.2) is 5.84 Å². The van der Waals surface area contributed by atoms with Gasteiger partial charge in [0.05, 0.1) is 11.0 Å². The highest BCUT2D eigenvalue weighted by Gasteiger charge is 2.23. The number of aromatic nitrogens is 1. The van der Waals surface area contributed by atoms with Gasteiger partial charge in [-0.3, -0.25) is 0 Å². The van der Waals surface area contributed by atoms with E-state index >= 15 is 0 Å². The summed E-state index contributed by atoms with van der Waals surface area (Å²) in [7, 11) is 0. The molecule has 0 saturated heterocycles. The number of furan rings is 2. The van der Waals surface area contributed by atoms with Gasteiger partial charge in [-0.1, -0.05) is 127 Å². The van der Waals surface area contributed by atoms with E-state index in [9.17, 15) is 0 Å². The molecule has 6 heteroatoms. The van der Waals surface area contributed by atoms with Gasteiger partial charge in [-0.05, 0) is 59.7 Å². The number of hydrogen-bond donors (Lipinski definition) is 1. The Morgan fingerprint density at radius 1 is 0.456 bits per heavy atom. The van der Waals surface area contributed by atoms with Crippen molar-refractivity contribution in [1.29, 1.82) is 0 Å². The van der Waals surface area contributed by atoms with Crippen molar-refractivity contribution in [1.82, 2.24) is 9.88 Å². The average molecular weight is 733 g/mol. The lowest BCUT2D eigenvalue weighted by atomic mass is 9.97. The van der Waals surface area contributed by atoms with E-state index in [-0.39, 0.29) is 6.17 Å². The van der Waals surface area contributed by atoms with Crippen LogP contribution in [0.2, 0.25) is 0 Å². The molecule has 12 rings (SSSR count). The number of nitrogens with one attached hydrogen (secondary N) is 1. The van der Waals surface area contributed by atoms with Gasteiger partial charge < -0.3 is 18.7 Å². The van der Waals surface area contributed by atoms with Crippen LogP contribution in [0.3, 0.4) is 0 Å². The number of rotatable bonds is 5. The van der Waals surface area contributed by atoms with Gasteiger partial charge in [0.1, 0.15) is 34.3 Å². The Bertz CT molecular complexity index is 3390. The van der Waals surface area contributed by atoms with E-state index in [0.29, 0.717) is 5.84 Å². The highest BCUT2D eigenvalue weighted by atomic mass is 16.3. The van der Waals surface area contributed by atoms with Crippen LogP contribution in [0.25, 0.3) is 82.5 Å². The molecule has 6 nitrogen and oxygen atoms in total. The predicted octanol–water partition coefficient (Wildman–Crippen LogP) is 12.7. The van der Waals surface area contributed by atoms with Crippen molar-refractivity contribution in [3.8, 4) is 16.8 Å². The zero-order valence-electron chi connectivity index (χ0n) is 30.6. The zero-order valence-corrected chi connectivity index (χ0v) is 30.6. The minimum atomic E-state index is -0.344. The van der Waals surface area contributed by atoms with E-state index in [1.165, 1.54) is 21.8 Å². The molecule has 1 aliphatic heterocycles. The Hall–Kier alpha value is -7.70. The molecule has 0 spiro atoms. The van der Waals surface area contributed by atoms with Crippen LogP contribution in [-0.2, 0) is 0 Å². The van der Waals surface area contributed by atoms with E-state index in [0.717, 1.165) is 83.2 Å². The largest absolute Gasteiger partial charge is 0.456 e. The predicted molar refractivity (Wildman–Crippen MR) is 233 cm³/mol. The van der Waals surface area contributed by atoms with Gasteiger partial charge in [-0.25, -0.2) is 9.98 Å². The van der Waals surface area contributed by atoms with E-state index in [4.69, 9.17) is 18.8 Å². The monoisotopic (exact) mass is 732 g/mol. The molecule has 0 fully saturated rings. The van der Waals surface area contributed by atoms with Gasteiger partial charge >= 0.3 is 0 Å². The molecule has 1 N–H and O–H groups in total. The van der Waals surface area contributed by atoms with Crippen molar-refractivity contribution in [2.24, 2.45) is 9.98 Å². The Labute approximate surface area is 326 Å². The van der Waals surface area contributed by atoms with Crippen LogP contribution in [0.5, 0.6) is 0 Å². The number of fused-ring (bicyclic) bond motifs is 9. The quantitative estimate of drug-likeness (QED) is 0.192. The standard InChI is InChI=1S/C51H32N4O2/c1-3-12-31(13-4-1)49-52-50(32-14-5-2-6-15-32)54-51(53-49)34-22-25-39-41-28-33(23-27-44(41)56-46(39)29-34)36-18-11-21-45-48(36)40-26-24-35(30-47(40)57-45)55-42-19-9-7-16-37(42)38-17-8-10-20-43(38)55/h1-30,51H,(H,52,53,54). The zero-order chi connectivity index (χ0) is 37.5. The topological polar surface area (TPSA) is 68.0 Å². The van der Waals surface area contributed by atoms with E-state index in [1.54, 1.807) is 0 Å². The maximum atomic E-state index is 6.61. The summed E-state index contributed by atoms with van der Waals surface area (Å²) in [5.74, 6) is 1.48. The molecule has 268 valence electrons. The van der Waals surface area contributed by atoms with Crippen molar-refractivity contribution in [3.05, 3.63) is 199 Å². The summed E-state index contributed by atoms with van der Waals surface area (Å²) in [6.07, 6.45) is -0.344. The molecule has 4 heterocycles. The van der Waals surface area contributed by atoms with Crippen LogP contribution in [0.4, 0.5) is 0 Å². The molecule has 1 atom stereocenters. The van der Waals surface area contributed by atoms with Gasteiger partial charge in [0.2, 0.25) is 0 Å². The highest BCUT2D eigenvalue weighted by Crippen LogP contribution is 2.41. The molecule has 0 amide bonds. The third kappa shape index (κ3) is 5.04. The van der Waals surface area contributed by atoms with Crippen molar-refractivity contribution < 1.29 is 8.83 Å². The smallest absolute Gasteiger partial charge is 0.159 e. The van der Waals surface area contributed by atoms with Crippen molar-refractivity contribution in [3.63, 3.8) is 0 Å². The number of para-hydroxylation sites is 2. The van der Waals surface area contributed by atoms with E-state index in [2.05, 4.69) is 143 Å². The number of hydrogen-bond acceptors (Lipinski definition) is 5. The Morgan fingerprint density at radius 2 is 1.14 bits per heavy atom. The van der Waals surface area contributed by atoms with Crippen molar-refractivity contribution in [2.75, 3.05) is 0 Å². The molecule has 0 radical (unpaired) electrons. The first-order valence-corrected chi connectivity index (χ1v) is 19.2. The normalized spacial score (nSPS) is 14.5. The Balaban J connectivity index is 0.938. The van der Waals surface area contributed by atoms with Crippen LogP contribution in [0.15, 0.2) is 201 Å². The van der Waals surface area contributed by atoms with Gasteiger partial charge in [0, 0.05) is 60.8 Å². The van der Waals surface area contributed by atoms with E-state index < -0.39 is 0 Å². The molecule has 11 aromatic rings. The van der Waals surface area contributed by atoms with Gasteiger partial charge in [-0.15, -0.1) is 0 Å². The summed E-state index contributed by atoms with van der Waals surface area (Å²) < 4.78 is 15.5. The minimum Gasteiger partial charge on any atom is -0.456 e. The average Bonchev–Trinajstić information content (AvgIpc) is 3.95. The fourth-order valence-electron chi connectivity index (χ4n) is 8.61. The summed E-state index contributed by atoms with van der Waals surface area (Å²) in [4.78, 5) is 10.0. The van der Waals surface area contributed by atoms with Crippen LogP contribution < -0.4 is 5.32 Å². The summed E-state index contributed by atoms with van der Waals surface area (Å²) in [6, 6.07) is 63.3. The van der Waals surface area contributed by atoms with Gasteiger partial charge in [-0.2, -0.15) is 0 Å². The number of nitrogens with zero attached hydrogens (tertiary/aromatic N) is 3. The minimum absolute atomic E-state index is 0.344. The second-order valence-electron chi connectivity index (χ2n) is 14.6. The summed E-state index contributed by atoms with van der Waals surface area (Å²) in [5, 5.41) is 10.4. The lowest BCUT2D eigenvalue weighted by Crippen LogP contribution is -2.33. The van der Waals surface area contributed by atoms with Crippen LogP contribution in [0, 0.1) is 0 Å². The molecule has 0 aliphatic carbocycles. The maximum absolute atomic E-state index is 6.61. The summed E-state index contributed by atoms with van der Waals surface area (Å²) in [6.45, 7) is 0. The molecule has 0 saturated carbocycles. The molecular weight excluding hydrogens is 701 g/mol. The fourth-order valence-corrected chi connectivity index (χ4v) is 8.61. The first kappa shape index (κ1) is 31.6. The first-order chi connectivity index (χ1) is 28.2. The third-order valence-corrected chi connectivity index (χ3v) is 11.3. The summed E-state index contributed by atoms with van der Waals surface area (Å²) >= 11 is 0. The number of amidine groups is 2. The number of aliphatic imine (C=N–C) groups is 2. The molecule has 0 bridgehead atoms. The third-order valence-electron chi connectivity index (χ3n) is 11.3. The molecule has 3 aromatic heterocycles. The van der Waals surface area contributed by atoms with Crippen LogP contribution in [0.1, 0.15) is 22.9 Å². The van der Waals surface area contributed by atoms with Crippen molar-refractivity contribution >= 4 is 77.4 Å². The van der Waals surface area contributed by atoms with Crippen LogP contribution in [-0.4, -0.2) is 16.2 Å². The highest BCUT2D eigenvalue weighted by molar-refractivity contribution is 6.16. The Kier molecular flexibility index (Phi) is 6.89.